The van der Waals surface area contributed by atoms with Crippen LogP contribution in [0.3, 0.4) is 0 Å². The molecule has 0 heterocycles. The Balaban J connectivity index is 0.00000196. The van der Waals surface area contributed by atoms with Crippen LogP contribution < -0.4 is 5.73 Å². The summed E-state index contributed by atoms with van der Waals surface area (Å²) in [7, 11) is 0. The predicted molar refractivity (Wildman–Crippen MR) is 53.6 cm³/mol. The van der Waals surface area contributed by atoms with E-state index in [4.69, 9.17) is 15.9 Å². The lowest BCUT2D eigenvalue weighted by Gasteiger charge is -2.08. The summed E-state index contributed by atoms with van der Waals surface area (Å²) >= 11 is 0. The molecule has 0 aromatic heterocycles. The monoisotopic (exact) mass is 215 g/mol. The van der Waals surface area contributed by atoms with Crippen molar-refractivity contribution in [3.8, 4) is 5.75 Å². The molecule has 0 fully saturated rings. The highest BCUT2D eigenvalue weighted by Crippen LogP contribution is 2.21. The molecule has 0 saturated heterocycles. The molecule has 0 aliphatic rings. The molecular weight excluding hydrogens is 202 g/mol. The summed E-state index contributed by atoms with van der Waals surface area (Å²) < 4.78 is 0. The average molecular weight is 215 g/mol. The quantitative estimate of drug-likeness (QED) is 0.282. The van der Waals surface area contributed by atoms with Crippen molar-refractivity contribution in [3.63, 3.8) is 0 Å². The number of rotatable bonds is 3. The molecule has 1 aromatic carbocycles. The van der Waals surface area contributed by atoms with Crippen LogP contribution in [0.2, 0.25) is 0 Å². The third-order valence-corrected chi connectivity index (χ3v) is 1.76. The Labute approximate surface area is 85.9 Å². The van der Waals surface area contributed by atoms with Crippen molar-refractivity contribution in [1.29, 1.82) is 0 Å². The largest absolute Gasteiger partial charge is 0.507 e. The lowest BCUT2D eigenvalue weighted by molar-refractivity contribution is 0.0585. The van der Waals surface area contributed by atoms with Crippen LogP contribution in [-0.2, 0) is 0 Å². The number of phenolic OH excluding ortho intramolecular Hbond substituents is 1. The van der Waals surface area contributed by atoms with E-state index in [-0.39, 0.29) is 16.8 Å². The summed E-state index contributed by atoms with van der Waals surface area (Å²) in [5.41, 5.74) is 5.61. The van der Waals surface area contributed by atoms with Gasteiger partial charge in [-0.05, 0) is 18.2 Å². The fourth-order valence-corrected chi connectivity index (χ4v) is 1.01. The summed E-state index contributed by atoms with van der Waals surface area (Å²) in [6, 6.07) is 3.93. The number of carbonyl (C=O) groups excluding carboxylic acids is 1. The molecule has 84 valence electrons. The molecule has 0 aliphatic heterocycles. The number of aliphatic hydroxyl groups is 2. The first kappa shape index (κ1) is 13.4. The third-order valence-electron chi connectivity index (χ3n) is 1.76. The standard InChI is InChI=1S/C9H11NO4.H2O/c10-5-1-2-7(12)6(3-5)9(14)8(13)4-11;/h1-3,8,11-13H,4,10H2;1H2. The molecule has 0 amide bonds. The third kappa shape index (κ3) is 2.91. The molecular formula is C9H13NO5. The summed E-state index contributed by atoms with van der Waals surface area (Å²) in [4.78, 5) is 11.3. The van der Waals surface area contributed by atoms with Gasteiger partial charge in [-0.15, -0.1) is 0 Å². The molecule has 7 N–H and O–H groups in total. The number of nitrogen functional groups attached to an aromatic ring is 1. The maximum atomic E-state index is 11.3. The van der Waals surface area contributed by atoms with Crippen LogP contribution in [0.25, 0.3) is 0 Å². The molecule has 0 radical (unpaired) electrons. The average Bonchev–Trinajstić information content (AvgIpc) is 2.19. The van der Waals surface area contributed by atoms with Gasteiger partial charge in [-0.3, -0.25) is 4.79 Å². The van der Waals surface area contributed by atoms with Crippen LogP contribution in [0.1, 0.15) is 10.4 Å². The first-order valence-corrected chi connectivity index (χ1v) is 3.98. The van der Waals surface area contributed by atoms with Gasteiger partial charge in [0.15, 0.2) is 5.78 Å². The van der Waals surface area contributed by atoms with Crippen LogP contribution in [0, 0.1) is 0 Å². The van der Waals surface area contributed by atoms with Gasteiger partial charge in [0.2, 0.25) is 0 Å². The number of nitrogens with two attached hydrogens (primary N) is 1. The SMILES string of the molecule is Nc1ccc(O)c(C(=O)C(O)CO)c1.O. The second-order valence-electron chi connectivity index (χ2n) is 2.84. The van der Waals surface area contributed by atoms with E-state index in [1.807, 2.05) is 0 Å². The summed E-state index contributed by atoms with van der Waals surface area (Å²) in [6.45, 7) is -0.687. The molecule has 0 saturated carbocycles. The van der Waals surface area contributed by atoms with Crippen molar-refractivity contribution in [3.05, 3.63) is 23.8 Å². The zero-order valence-corrected chi connectivity index (χ0v) is 7.84. The van der Waals surface area contributed by atoms with E-state index in [1.54, 1.807) is 0 Å². The van der Waals surface area contributed by atoms with Crippen LogP contribution in [0.5, 0.6) is 5.75 Å². The Morgan fingerprint density at radius 2 is 2.07 bits per heavy atom. The lowest BCUT2D eigenvalue weighted by Crippen LogP contribution is -2.24. The summed E-state index contributed by atoms with van der Waals surface area (Å²) in [5, 5.41) is 26.9. The molecule has 1 atom stereocenters. The molecule has 15 heavy (non-hydrogen) atoms. The minimum absolute atomic E-state index is 0. The highest BCUT2D eigenvalue weighted by Gasteiger charge is 2.19. The number of Topliss-reactive ketones (excluding diaryl/α,β-unsaturated/α-hetero) is 1. The van der Waals surface area contributed by atoms with Crippen LogP contribution in [0.4, 0.5) is 5.69 Å². The van der Waals surface area contributed by atoms with E-state index in [1.165, 1.54) is 18.2 Å². The van der Waals surface area contributed by atoms with E-state index < -0.39 is 18.5 Å². The second kappa shape index (κ2) is 5.30. The number of hydrogen-bond acceptors (Lipinski definition) is 5. The number of hydrogen-bond donors (Lipinski definition) is 4. The number of carbonyl (C=O) groups is 1. The zero-order valence-electron chi connectivity index (χ0n) is 7.84. The topological polar surface area (TPSA) is 135 Å². The molecule has 1 rings (SSSR count). The number of ketones is 1. The van der Waals surface area contributed by atoms with Gasteiger partial charge in [0, 0.05) is 5.69 Å². The zero-order chi connectivity index (χ0) is 10.7. The van der Waals surface area contributed by atoms with Crippen molar-refractivity contribution in [2.75, 3.05) is 12.3 Å². The van der Waals surface area contributed by atoms with Crippen LogP contribution in [0.15, 0.2) is 18.2 Å². The van der Waals surface area contributed by atoms with Gasteiger partial charge in [-0.25, -0.2) is 0 Å². The molecule has 6 nitrogen and oxygen atoms in total. The van der Waals surface area contributed by atoms with Gasteiger partial charge >= 0.3 is 0 Å². The first-order chi connectivity index (χ1) is 6.56. The van der Waals surface area contributed by atoms with Crippen molar-refractivity contribution in [2.45, 2.75) is 6.10 Å². The highest BCUT2D eigenvalue weighted by atomic mass is 16.3. The van der Waals surface area contributed by atoms with Crippen molar-refractivity contribution in [2.24, 2.45) is 0 Å². The molecule has 6 heteroatoms. The number of anilines is 1. The van der Waals surface area contributed by atoms with Gasteiger partial charge < -0.3 is 26.5 Å². The Hall–Kier alpha value is -1.63. The number of phenols is 1. The molecule has 1 aromatic rings. The summed E-state index contributed by atoms with van der Waals surface area (Å²) in [5.74, 6) is -1.02. The normalized spacial score (nSPS) is 11.6. The molecule has 0 aliphatic carbocycles. The van der Waals surface area contributed by atoms with Crippen molar-refractivity contribution >= 4 is 11.5 Å². The van der Waals surface area contributed by atoms with Crippen molar-refractivity contribution < 1.29 is 25.6 Å². The van der Waals surface area contributed by atoms with Gasteiger partial charge in [0.25, 0.3) is 0 Å². The fraction of sp³-hybridized carbons (Fsp3) is 0.222. The van der Waals surface area contributed by atoms with E-state index in [0.29, 0.717) is 5.69 Å². The lowest BCUT2D eigenvalue weighted by atomic mass is 10.0. The van der Waals surface area contributed by atoms with E-state index in [2.05, 4.69) is 0 Å². The van der Waals surface area contributed by atoms with E-state index in [0.717, 1.165) is 0 Å². The van der Waals surface area contributed by atoms with Gasteiger partial charge in [0.05, 0.1) is 12.2 Å². The van der Waals surface area contributed by atoms with Gasteiger partial charge in [-0.2, -0.15) is 0 Å². The maximum Gasteiger partial charge on any atom is 0.197 e. The van der Waals surface area contributed by atoms with E-state index >= 15 is 0 Å². The smallest absolute Gasteiger partial charge is 0.197 e. The maximum absolute atomic E-state index is 11.3. The first-order valence-electron chi connectivity index (χ1n) is 3.98. The number of benzene rings is 1. The fourth-order valence-electron chi connectivity index (χ4n) is 1.01. The number of aromatic hydroxyl groups is 1. The predicted octanol–water partition coefficient (Wildman–Crippen LogP) is -1.31. The number of aliphatic hydroxyl groups excluding tert-OH is 2. The second-order valence-corrected chi connectivity index (χ2v) is 2.84. The Bertz CT molecular complexity index is 352. The Kier molecular flexibility index (Phi) is 4.72. The molecule has 0 bridgehead atoms. The van der Waals surface area contributed by atoms with Crippen molar-refractivity contribution in [1.82, 2.24) is 0 Å². The van der Waals surface area contributed by atoms with E-state index in [9.17, 15) is 9.90 Å². The van der Waals surface area contributed by atoms with Crippen LogP contribution in [-0.4, -0.2) is 39.3 Å². The Morgan fingerprint density at radius 1 is 1.47 bits per heavy atom. The van der Waals surface area contributed by atoms with Gasteiger partial charge in [0.1, 0.15) is 11.9 Å². The molecule has 0 spiro atoms. The molecule has 1 unspecified atom stereocenters. The van der Waals surface area contributed by atoms with Gasteiger partial charge in [-0.1, -0.05) is 0 Å². The van der Waals surface area contributed by atoms with Crippen LogP contribution >= 0.6 is 0 Å². The summed E-state index contributed by atoms with van der Waals surface area (Å²) in [6.07, 6.45) is -1.53. The Morgan fingerprint density at radius 3 is 2.60 bits per heavy atom. The minimum Gasteiger partial charge on any atom is -0.507 e. The minimum atomic E-state index is -1.53. The highest BCUT2D eigenvalue weighted by molar-refractivity contribution is 6.02.